The molecule has 0 aromatic heterocycles. The summed E-state index contributed by atoms with van der Waals surface area (Å²) >= 11 is 0. The van der Waals surface area contributed by atoms with Crippen molar-refractivity contribution in [1.82, 2.24) is 0 Å². The lowest BCUT2D eigenvalue weighted by Crippen LogP contribution is -2.21. The lowest BCUT2D eigenvalue weighted by molar-refractivity contribution is 0.0694. The van der Waals surface area contributed by atoms with Crippen molar-refractivity contribution in [3.63, 3.8) is 0 Å². The number of hydrogen-bond acceptors (Lipinski definition) is 2. The molecule has 1 aliphatic rings. The number of benzene rings is 1. The van der Waals surface area contributed by atoms with Crippen LogP contribution in [-0.4, -0.2) is 17.7 Å². The number of ether oxygens (including phenoxy) is 1. The molecule has 0 radical (unpaired) electrons. The highest BCUT2D eigenvalue weighted by Crippen LogP contribution is 2.40. The van der Waals surface area contributed by atoms with Gasteiger partial charge in [-0.15, -0.1) is 0 Å². The Kier molecular flexibility index (Phi) is 1.77. The molecule has 1 N–H and O–H groups in total. The van der Waals surface area contributed by atoms with Crippen molar-refractivity contribution in [2.24, 2.45) is 0 Å². The van der Waals surface area contributed by atoms with Crippen LogP contribution in [0, 0.1) is 0 Å². The molecule has 0 saturated heterocycles. The predicted molar refractivity (Wildman–Crippen MR) is 51.9 cm³/mol. The molecule has 0 spiro atoms. The van der Waals surface area contributed by atoms with Crippen LogP contribution < -0.4 is 4.74 Å². The van der Waals surface area contributed by atoms with Gasteiger partial charge >= 0.3 is 5.97 Å². The highest BCUT2D eigenvalue weighted by Gasteiger charge is 2.35. The second kappa shape index (κ2) is 2.74. The lowest BCUT2D eigenvalue weighted by Gasteiger charge is -2.16. The fourth-order valence-corrected chi connectivity index (χ4v) is 1.86. The Labute approximate surface area is 82.3 Å². The van der Waals surface area contributed by atoms with Crippen LogP contribution in [0.2, 0.25) is 0 Å². The maximum Gasteiger partial charge on any atom is 0.336 e. The quantitative estimate of drug-likeness (QED) is 0.740. The van der Waals surface area contributed by atoms with Crippen molar-refractivity contribution in [2.75, 3.05) is 6.61 Å². The maximum absolute atomic E-state index is 11.0. The van der Waals surface area contributed by atoms with Crippen molar-refractivity contribution in [1.29, 1.82) is 0 Å². The minimum Gasteiger partial charge on any atom is -0.492 e. The first-order valence-corrected chi connectivity index (χ1v) is 4.52. The average Bonchev–Trinajstić information content (AvgIpc) is 2.43. The van der Waals surface area contributed by atoms with Gasteiger partial charge in [0.05, 0.1) is 12.2 Å². The van der Waals surface area contributed by atoms with Gasteiger partial charge in [0.2, 0.25) is 0 Å². The Bertz CT molecular complexity index is 394. The Balaban J connectivity index is 2.66. The van der Waals surface area contributed by atoms with Crippen molar-refractivity contribution in [3.05, 3.63) is 29.3 Å². The zero-order valence-electron chi connectivity index (χ0n) is 8.20. The minimum atomic E-state index is -0.888. The summed E-state index contributed by atoms with van der Waals surface area (Å²) in [4.78, 5) is 11.0. The van der Waals surface area contributed by atoms with Gasteiger partial charge in [-0.1, -0.05) is 19.9 Å². The third kappa shape index (κ3) is 1.16. The van der Waals surface area contributed by atoms with Gasteiger partial charge in [0.25, 0.3) is 0 Å². The Hall–Kier alpha value is -1.51. The van der Waals surface area contributed by atoms with Crippen LogP contribution in [0.3, 0.4) is 0 Å². The number of rotatable bonds is 1. The molecular weight excluding hydrogens is 180 g/mol. The van der Waals surface area contributed by atoms with E-state index in [-0.39, 0.29) is 5.41 Å². The monoisotopic (exact) mass is 192 g/mol. The molecule has 3 nitrogen and oxygen atoms in total. The predicted octanol–water partition coefficient (Wildman–Crippen LogP) is 2.05. The molecular formula is C11H12O3. The zero-order chi connectivity index (χ0) is 10.3. The van der Waals surface area contributed by atoms with Gasteiger partial charge in [-0.3, -0.25) is 0 Å². The van der Waals surface area contributed by atoms with Crippen LogP contribution >= 0.6 is 0 Å². The number of carboxylic acids is 1. The van der Waals surface area contributed by atoms with E-state index in [9.17, 15) is 4.79 Å². The highest BCUT2D eigenvalue weighted by atomic mass is 16.5. The molecule has 0 amide bonds. The summed E-state index contributed by atoms with van der Waals surface area (Å²) in [5.41, 5.74) is 0.960. The van der Waals surface area contributed by atoms with Gasteiger partial charge in [0, 0.05) is 11.0 Å². The minimum absolute atomic E-state index is 0.204. The first-order chi connectivity index (χ1) is 6.52. The fraction of sp³-hybridized carbons (Fsp3) is 0.364. The molecule has 0 atom stereocenters. The summed E-state index contributed by atoms with van der Waals surface area (Å²) in [7, 11) is 0. The molecule has 1 heterocycles. The van der Waals surface area contributed by atoms with Crippen LogP contribution in [0.5, 0.6) is 5.75 Å². The molecule has 0 aliphatic carbocycles. The van der Waals surface area contributed by atoms with Crippen LogP contribution in [-0.2, 0) is 5.41 Å². The van der Waals surface area contributed by atoms with E-state index < -0.39 is 5.97 Å². The fourth-order valence-electron chi connectivity index (χ4n) is 1.86. The maximum atomic E-state index is 11.0. The Morgan fingerprint density at radius 2 is 2.21 bits per heavy atom. The van der Waals surface area contributed by atoms with Gasteiger partial charge in [0.1, 0.15) is 5.75 Å². The largest absolute Gasteiger partial charge is 0.492 e. The lowest BCUT2D eigenvalue weighted by atomic mass is 9.84. The molecule has 2 rings (SSSR count). The third-order valence-corrected chi connectivity index (χ3v) is 2.52. The Morgan fingerprint density at radius 3 is 2.86 bits per heavy atom. The SMILES string of the molecule is CC1(C)COc2cccc(C(=O)O)c21. The molecule has 1 aromatic carbocycles. The van der Waals surface area contributed by atoms with Gasteiger partial charge in [0.15, 0.2) is 0 Å². The molecule has 0 fully saturated rings. The molecule has 0 saturated carbocycles. The smallest absolute Gasteiger partial charge is 0.336 e. The van der Waals surface area contributed by atoms with Crippen LogP contribution in [0.4, 0.5) is 0 Å². The summed E-state index contributed by atoms with van der Waals surface area (Å²) in [6.45, 7) is 4.53. The summed E-state index contributed by atoms with van der Waals surface area (Å²) < 4.78 is 5.44. The molecule has 74 valence electrons. The zero-order valence-corrected chi connectivity index (χ0v) is 8.20. The molecule has 14 heavy (non-hydrogen) atoms. The summed E-state index contributed by atoms with van der Waals surface area (Å²) in [5, 5.41) is 9.03. The van der Waals surface area contributed by atoms with Crippen molar-refractivity contribution in [3.8, 4) is 5.75 Å². The average molecular weight is 192 g/mol. The van der Waals surface area contributed by atoms with E-state index in [2.05, 4.69) is 0 Å². The van der Waals surface area contributed by atoms with Gasteiger partial charge in [-0.05, 0) is 12.1 Å². The van der Waals surface area contributed by atoms with Gasteiger partial charge in [-0.2, -0.15) is 0 Å². The van der Waals surface area contributed by atoms with Crippen LogP contribution in [0.25, 0.3) is 0 Å². The van der Waals surface area contributed by atoms with Crippen molar-refractivity contribution >= 4 is 5.97 Å². The van der Waals surface area contributed by atoms with E-state index >= 15 is 0 Å². The van der Waals surface area contributed by atoms with E-state index in [0.717, 1.165) is 5.56 Å². The van der Waals surface area contributed by atoms with Crippen molar-refractivity contribution in [2.45, 2.75) is 19.3 Å². The standard InChI is InChI=1S/C11H12O3/c1-11(2)6-14-8-5-3-4-7(9(8)11)10(12)13/h3-5H,6H2,1-2H3,(H,12,13). The number of carboxylic acid groups (broad SMARTS) is 1. The van der Waals surface area contributed by atoms with E-state index in [4.69, 9.17) is 9.84 Å². The molecule has 3 heteroatoms. The number of aromatic carboxylic acids is 1. The first-order valence-electron chi connectivity index (χ1n) is 4.52. The highest BCUT2D eigenvalue weighted by molar-refractivity contribution is 5.91. The van der Waals surface area contributed by atoms with Gasteiger partial charge < -0.3 is 9.84 Å². The second-order valence-corrected chi connectivity index (χ2v) is 4.16. The normalized spacial score (nSPS) is 17.3. The third-order valence-electron chi connectivity index (χ3n) is 2.52. The first kappa shape index (κ1) is 9.06. The van der Waals surface area contributed by atoms with Crippen LogP contribution in [0.15, 0.2) is 18.2 Å². The summed E-state index contributed by atoms with van der Waals surface area (Å²) in [5.74, 6) is -0.185. The summed E-state index contributed by atoms with van der Waals surface area (Å²) in [6, 6.07) is 5.15. The summed E-state index contributed by atoms with van der Waals surface area (Å²) in [6.07, 6.45) is 0. The molecule has 1 aliphatic heterocycles. The number of fused-ring (bicyclic) bond motifs is 1. The number of carbonyl (C=O) groups is 1. The van der Waals surface area contributed by atoms with Gasteiger partial charge in [-0.25, -0.2) is 4.79 Å². The Morgan fingerprint density at radius 1 is 1.50 bits per heavy atom. The molecule has 0 bridgehead atoms. The molecule has 1 aromatic rings. The van der Waals surface area contributed by atoms with E-state index in [0.29, 0.717) is 17.9 Å². The number of hydrogen-bond donors (Lipinski definition) is 1. The van der Waals surface area contributed by atoms with Crippen LogP contribution in [0.1, 0.15) is 29.8 Å². The second-order valence-electron chi connectivity index (χ2n) is 4.16. The topological polar surface area (TPSA) is 46.5 Å². The van der Waals surface area contributed by atoms with E-state index in [1.54, 1.807) is 12.1 Å². The van der Waals surface area contributed by atoms with Crippen molar-refractivity contribution < 1.29 is 14.6 Å². The molecule has 0 unspecified atom stereocenters. The van der Waals surface area contributed by atoms with E-state index in [1.807, 2.05) is 19.9 Å². The van der Waals surface area contributed by atoms with E-state index in [1.165, 1.54) is 0 Å².